The number of thiocarbonyl (C=S) groups is 1. The molecule has 2 fully saturated rings. The molecule has 2 aromatic rings. The van der Waals surface area contributed by atoms with E-state index < -0.39 is 41.5 Å². The van der Waals surface area contributed by atoms with E-state index in [1.54, 1.807) is 0 Å². The number of carbonyl (C=O) groups is 3. The molecule has 2 amide bonds. The summed E-state index contributed by atoms with van der Waals surface area (Å²) in [7, 11) is 0. The van der Waals surface area contributed by atoms with Crippen molar-refractivity contribution in [2.75, 3.05) is 26.2 Å². The Morgan fingerprint density at radius 2 is 1.73 bits per heavy atom. The molecular weight excluding hydrogens is 606 g/mol. The zero-order chi connectivity index (χ0) is 29.4. The number of alkyl halides is 6. The van der Waals surface area contributed by atoms with Crippen LogP contribution in [0, 0.1) is 0 Å². The molecule has 0 spiro atoms. The summed E-state index contributed by atoms with van der Waals surface area (Å²) in [5, 5.41) is 10.5. The van der Waals surface area contributed by atoms with Crippen LogP contribution in [0.15, 0.2) is 34.6 Å². The van der Waals surface area contributed by atoms with Crippen LogP contribution in [-0.2, 0) is 31.5 Å². The van der Waals surface area contributed by atoms with Crippen molar-refractivity contribution in [3.8, 4) is 11.1 Å². The van der Waals surface area contributed by atoms with Crippen molar-refractivity contribution < 1.29 is 50.6 Å². The molecule has 16 heteroatoms. The molecule has 1 atom stereocenters. The quantitative estimate of drug-likeness (QED) is 0.263. The molecular formula is C24H18F6N2O5S3. The number of thiophene rings is 1. The number of halogens is 6. The zero-order valence-electron chi connectivity index (χ0n) is 20.0. The average molecular weight is 625 g/mol. The SMILES string of the molecule is O=C(O)C1CN(C(=O)CCN2C(=O)C(=Cc3cc(-c4cc(C(F)(F)F)cc(C(F)(F)F)c4)cs3)SC2=S)CCO1. The van der Waals surface area contributed by atoms with Gasteiger partial charge in [0, 0.05) is 24.4 Å². The van der Waals surface area contributed by atoms with Gasteiger partial charge in [-0.25, -0.2) is 4.79 Å². The molecule has 0 bridgehead atoms. The third kappa shape index (κ3) is 6.85. The minimum absolute atomic E-state index is 0.0520. The van der Waals surface area contributed by atoms with Crippen LogP contribution in [0.2, 0.25) is 0 Å². The number of ether oxygens (including phenoxy) is 1. The van der Waals surface area contributed by atoms with Crippen LogP contribution in [0.5, 0.6) is 0 Å². The van der Waals surface area contributed by atoms with Gasteiger partial charge in [-0.2, -0.15) is 26.3 Å². The normalized spacial score (nSPS) is 19.6. The third-order valence-corrected chi connectivity index (χ3v) is 8.19. The summed E-state index contributed by atoms with van der Waals surface area (Å²) in [6, 6.07) is 2.68. The highest BCUT2D eigenvalue weighted by Gasteiger charge is 2.37. The van der Waals surface area contributed by atoms with Gasteiger partial charge in [0.25, 0.3) is 5.91 Å². The monoisotopic (exact) mass is 624 g/mol. The van der Waals surface area contributed by atoms with Crippen LogP contribution >= 0.6 is 35.3 Å². The molecule has 0 saturated carbocycles. The molecule has 1 aromatic carbocycles. The second-order valence-electron chi connectivity index (χ2n) is 8.65. The molecule has 7 nitrogen and oxygen atoms in total. The number of hydrogen-bond donors (Lipinski definition) is 1. The summed E-state index contributed by atoms with van der Waals surface area (Å²) in [5.74, 6) is -2.08. The number of carboxylic acid groups (broad SMARTS) is 1. The van der Waals surface area contributed by atoms with Crippen molar-refractivity contribution >= 4 is 63.5 Å². The van der Waals surface area contributed by atoms with Crippen molar-refractivity contribution in [1.29, 1.82) is 0 Å². The summed E-state index contributed by atoms with van der Waals surface area (Å²) in [6.07, 6.45) is -9.79. The Morgan fingerprint density at radius 3 is 2.33 bits per heavy atom. The van der Waals surface area contributed by atoms with Gasteiger partial charge >= 0.3 is 18.3 Å². The van der Waals surface area contributed by atoms with Gasteiger partial charge in [-0.1, -0.05) is 24.0 Å². The van der Waals surface area contributed by atoms with E-state index in [1.807, 2.05) is 0 Å². The van der Waals surface area contributed by atoms with Gasteiger partial charge in [-0.3, -0.25) is 14.5 Å². The maximum atomic E-state index is 13.2. The van der Waals surface area contributed by atoms with Gasteiger partial charge < -0.3 is 14.7 Å². The van der Waals surface area contributed by atoms with E-state index in [2.05, 4.69) is 0 Å². The van der Waals surface area contributed by atoms with E-state index in [9.17, 15) is 40.7 Å². The molecule has 0 radical (unpaired) electrons. The molecule has 214 valence electrons. The van der Waals surface area contributed by atoms with E-state index in [0.29, 0.717) is 17.0 Å². The average Bonchev–Trinajstić information content (AvgIpc) is 3.45. The van der Waals surface area contributed by atoms with E-state index in [1.165, 1.54) is 27.3 Å². The first-order valence-electron chi connectivity index (χ1n) is 11.4. The first-order chi connectivity index (χ1) is 18.6. The topological polar surface area (TPSA) is 87.2 Å². The first-order valence-corrected chi connectivity index (χ1v) is 13.5. The van der Waals surface area contributed by atoms with Gasteiger partial charge in [0.2, 0.25) is 5.91 Å². The summed E-state index contributed by atoms with van der Waals surface area (Å²) >= 11 is 7.20. The molecule has 1 N–H and O–H groups in total. The van der Waals surface area contributed by atoms with Gasteiger partial charge in [0.1, 0.15) is 4.32 Å². The fourth-order valence-electron chi connectivity index (χ4n) is 3.91. The number of thioether (sulfide) groups is 1. The summed E-state index contributed by atoms with van der Waals surface area (Å²) in [4.78, 5) is 39.7. The fraction of sp³-hybridized carbons (Fsp3) is 0.333. The zero-order valence-corrected chi connectivity index (χ0v) is 22.5. The van der Waals surface area contributed by atoms with Crippen LogP contribution in [-0.4, -0.2) is 69.4 Å². The molecule has 2 aliphatic heterocycles. The van der Waals surface area contributed by atoms with E-state index >= 15 is 0 Å². The number of hydrogen-bond acceptors (Lipinski definition) is 7. The van der Waals surface area contributed by atoms with Crippen LogP contribution in [0.3, 0.4) is 0 Å². The minimum atomic E-state index is -4.98. The van der Waals surface area contributed by atoms with Gasteiger partial charge in [-0.05, 0) is 46.8 Å². The lowest BCUT2D eigenvalue weighted by molar-refractivity contribution is -0.159. The van der Waals surface area contributed by atoms with Crippen LogP contribution in [0.1, 0.15) is 22.4 Å². The summed E-state index contributed by atoms with van der Waals surface area (Å²) in [5.41, 5.74) is -3.04. The Balaban J connectivity index is 1.47. The maximum Gasteiger partial charge on any atom is 0.416 e. The van der Waals surface area contributed by atoms with Crippen molar-refractivity contribution in [3.63, 3.8) is 0 Å². The van der Waals surface area contributed by atoms with Gasteiger partial charge in [0.05, 0.1) is 29.2 Å². The number of carbonyl (C=O) groups excluding carboxylic acids is 2. The smallest absolute Gasteiger partial charge is 0.416 e. The fourth-order valence-corrected chi connectivity index (χ4v) is 6.14. The van der Waals surface area contributed by atoms with Crippen molar-refractivity contribution in [2.45, 2.75) is 24.9 Å². The lowest BCUT2D eigenvalue weighted by atomic mass is 10.0. The summed E-state index contributed by atoms with van der Waals surface area (Å²) in [6.45, 7) is 0.0882. The largest absolute Gasteiger partial charge is 0.479 e. The second-order valence-corrected chi connectivity index (χ2v) is 11.3. The standard InChI is InChI=1S/C24H18F6N2O5S3/c25-23(26,27)14-5-12(6-15(8-14)24(28,29)30)13-7-16(39-11-13)9-18-20(34)32(22(38)40-18)2-1-19(33)31-3-4-37-17(10-31)21(35)36/h5-9,11,17H,1-4,10H2,(H,35,36). The van der Waals surface area contributed by atoms with Gasteiger partial charge in [-0.15, -0.1) is 11.3 Å². The number of rotatable bonds is 6. The van der Waals surface area contributed by atoms with Gasteiger partial charge in [0.15, 0.2) is 6.10 Å². The van der Waals surface area contributed by atoms with Crippen LogP contribution in [0.4, 0.5) is 26.3 Å². The molecule has 0 aliphatic carbocycles. The molecule has 1 aromatic heterocycles. The lowest BCUT2D eigenvalue weighted by Gasteiger charge is -2.31. The first kappa shape index (κ1) is 30.0. The number of nitrogens with zero attached hydrogens (tertiary/aromatic N) is 2. The predicted octanol–water partition coefficient (Wildman–Crippen LogP) is 5.36. The van der Waals surface area contributed by atoms with E-state index in [4.69, 9.17) is 22.1 Å². The third-order valence-electron chi connectivity index (χ3n) is 5.93. The molecule has 40 heavy (non-hydrogen) atoms. The van der Waals surface area contributed by atoms with Crippen molar-refractivity contribution in [3.05, 3.63) is 50.6 Å². The Hall–Kier alpha value is -2.95. The minimum Gasteiger partial charge on any atom is -0.479 e. The van der Waals surface area contributed by atoms with Crippen LogP contribution < -0.4 is 0 Å². The highest BCUT2D eigenvalue weighted by atomic mass is 32.2. The molecule has 3 heterocycles. The second kappa shape index (κ2) is 11.5. The Kier molecular flexibility index (Phi) is 8.63. The Labute approximate surface area is 236 Å². The number of aliphatic carboxylic acids is 1. The van der Waals surface area contributed by atoms with Crippen molar-refractivity contribution in [1.82, 2.24) is 9.80 Å². The maximum absolute atomic E-state index is 13.2. The van der Waals surface area contributed by atoms with E-state index in [0.717, 1.165) is 23.1 Å². The lowest BCUT2D eigenvalue weighted by Crippen LogP contribution is -2.49. The van der Waals surface area contributed by atoms with Crippen LogP contribution in [0.25, 0.3) is 17.2 Å². The van der Waals surface area contributed by atoms with Crippen molar-refractivity contribution in [2.24, 2.45) is 0 Å². The van der Waals surface area contributed by atoms with E-state index in [-0.39, 0.29) is 65.0 Å². The Morgan fingerprint density at radius 1 is 1.07 bits per heavy atom. The Bertz CT molecular complexity index is 1360. The number of carboxylic acids is 1. The predicted molar refractivity (Wildman–Crippen MR) is 138 cm³/mol. The molecule has 4 rings (SSSR count). The number of amides is 2. The molecule has 2 saturated heterocycles. The number of morpholine rings is 1. The highest BCUT2D eigenvalue weighted by Crippen LogP contribution is 2.40. The summed E-state index contributed by atoms with van der Waals surface area (Å²) < 4.78 is 84.6. The molecule has 2 aliphatic rings. The number of benzene rings is 1. The highest BCUT2D eigenvalue weighted by molar-refractivity contribution is 8.26. The molecule has 1 unspecified atom stereocenters.